The van der Waals surface area contributed by atoms with Crippen LogP contribution in [0, 0.1) is 0 Å². The van der Waals surface area contributed by atoms with Crippen LogP contribution in [0.2, 0.25) is 15.1 Å². The highest BCUT2D eigenvalue weighted by molar-refractivity contribution is 7.89. The molecule has 5 nitrogen and oxygen atoms in total. The highest BCUT2D eigenvalue weighted by atomic mass is 35.5. The molecule has 0 N–H and O–H groups in total. The van der Waals surface area contributed by atoms with E-state index in [1.807, 2.05) is 12.1 Å². The van der Waals surface area contributed by atoms with Gasteiger partial charge < -0.3 is 4.90 Å². The lowest BCUT2D eigenvalue weighted by atomic mass is 10.1. The molecule has 0 spiro atoms. The first kappa shape index (κ1) is 20.4. The van der Waals surface area contributed by atoms with Crippen LogP contribution in [0.4, 0.5) is 0 Å². The van der Waals surface area contributed by atoms with E-state index in [1.165, 1.54) is 22.5 Å². The molecule has 3 rings (SSSR count). The predicted molar refractivity (Wildman–Crippen MR) is 107 cm³/mol. The van der Waals surface area contributed by atoms with Crippen molar-refractivity contribution in [2.24, 2.45) is 0 Å². The van der Waals surface area contributed by atoms with Crippen molar-refractivity contribution in [2.45, 2.75) is 11.3 Å². The molecule has 0 aliphatic carbocycles. The minimum absolute atomic E-state index is 0.0161. The number of sulfonamides is 1. The molecule has 2 aromatic carbocycles. The molecule has 144 valence electrons. The number of carbonyl (C=O) groups excluding carboxylic acids is 1. The fraction of sp³-hybridized carbons (Fsp3) is 0.278. The van der Waals surface area contributed by atoms with Crippen LogP contribution in [0.15, 0.2) is 47.4 Å². The first-order valence-electron chi connectivity index (χ1n) is 8.25. The lowest BCUT2D eigenvalue weighted by Gasteiger charge is -2.34. The number of piperazine rings is 1. The zero-order valence-electron chi connectivity index (χ0n) is 14.2. The second-order valence-corrected chi connectivity index (χ2v) is 9.35. The van der Waals surface area contributed by atoms with Crippen molar-refractivity contribution >= 4 is 50.7 Å². The van der Waals surface area contributed by atoms with E-state index >= 15 is 0 Å². The molecule has 1 aliphatic heterocycles. The summed E-state index contributed by atoms with van der Waals surface area (Å²) < 4.78 is 27.0. The average molecular weight is 448 g/mol. The Morgan fingerprint density at radius 1 is 0.889 bits per heavy atom. The Balaban J connectivity index is 1.65. The zero-order valence-corrected chi connectivity index (χ0v) is 17.3. The number of hydrogen-bond donors (Lipinski definition) is 0. The number of carbonyl (C=O) groups is 1. The van der Waals surface area contributed by atoms with Gasteiger partial charge in [0.05, 0.1) is 11.4 Å². The summed E-state index contributed by atoms with van der Waals surface area (Å²) in [5, 5.41) is 1.04. The summed E-state index contributed by atoms with van der Waals surface area (Å²) in [6.07, 6.45) is 0.254. The number of halogens is 3. The van der Waals surface area contributed by atoms with Crippen molar-refractivity contribution in [1.82, 2.24) is 9.21 Å². The number of hydrogen-bond acceptors (Lipinski definition) is 3. The third-order valence-corrected chi connectivity index (χ3v) is 7.24. The molecule has 27 heavy (non-hydrogen) atoms. The fourth-order valence-electron chi connectivity index (χ4n) is 2.88. The normalized spacial score (nSPS) is 15.7. The monoisotopic (exact) mass is 446 g/mol. The van der Waals surface area contributed by atoms with Crippen molar-refractivity contribution in [3.05, 3.63) is 63.1 Å². The molecule has 1 saturated heterocycles. The number of rotatable bonds is 4. The van der Waals surface area contributed by atoms with E-state index in [0.717, 1.165) is 5.56 Å². The van der Waals surface area contributed by atoms with Gasteiger partial charge in [0.2, 0.25) is 15.9 Å². The number of nitrogens with zero attached hydrogens (tertiary/aromatic N) is 2. The Hall–Kier alpha value is -1.31. The number of benzene rings is 2. The van der Waals surface area contributed by atoms with Crippen LogP contribution in [0.1, 0.15) is 5.56 Å². The predicted octanol–water partition coefficient (Wildman–Crippen LogP) is 3.72. The van der Waals surface area contributed by atoms with Crippen LogP contribution in [0.5, 0.6) is 0 Å². The summed E-state index contributed by atoms with van der Waals surface area (Å²) in [5.74, 6) is -0.0461. The minimum atomic E-state index is -3.76. The second kappa shape index (κ2) is 8.37. The Morgan fingerprint density at radius 3 is 2.11 bits per heavy atom. The van der Waals surface area contributed by atoms with Gasteiger partial charge in [0.1, 0.15) is 4.90 Å². The summed E-state index contributed by atoms with van der Waals surface area (Å²) in [5.41, 5.74) is 0.866. The topological polar surface area (TPSA) is 57.7 Å². The summed E-state index contributed by atoms with van der Waals surface area (Å²) in [6, 6.07) is 11.4. The van der Waals surface area contributed by atoms with Crippen LogP contribution in [-0.2, 0) is 21.2 Å². The quantitative estimate of drug-likeness (QED) is 0.718. The van der Waals surface area contributed by atoms with Crippen LogP contribution in [0.3, 0.4) is 0 Å². The van der Waals surface area contributed by atoms with E-state index in [9.17, 15) is 13.2 Å². The highest BCUT2D eigenvalue weighted by Gasteiger charge is 2.31. The van der Waals surface area contributed by atoms with Crippen LogP contribution < -0.4 is 0 Å². The SMILES string of the molecule is O=C(Cc1ccc(Cl)cc1)N1CCN(S(=O)(=O)c2cc(Cl)ccc2Cl)CC1. The lowest BCUT2D eigenvalue weighted by molar-refractivity contribution is -0.131. The molecule has 1 aliphatic rings. The van der Waals surface area contributed by atoms with E-state index in [0.29, 0.717) is 23.1 Å². The molecule has 0 bridgehead atoms. The average Bonchev–Trinajstić information content (AvgIpc) is 2.65. The van der Waals surface area contributed by atoms with Crippen molar-refractivity contribution < 1.29 is 13.2 Å². The van der Waals surface area contributed by atoms with Gasteiger partial charge >= 0.3 is 0 Å². The van der Waals surface area contributed by atoms with Gasteiger partial charge in [0, 0.05) is 36.2 Å². The maximum absolute atomic E-state index is 12.8. The van der Waals surface area contributed by atoms with Crippen LogP contribution in [-0.4, -0.2) is 49.7 Å². The van der Waals surface area contributed by atoms with Gasteiger partial charge in [-0.05, 0) is 35.9 Å². The Bertz CT molecular complexity index is 941. The summed E-state index contributed by atoms with van der Waals surface area (Å²) >= 11 is 17.8. The third-order valence-electron chi connectivity index (χ3n) is 4.37. The van der Waals surface area contributed by atoms with Crippen molar-refractivity contribution in [3.8, 4) is 0 Å². The van der Waals surface area contributed by atoms with E-state index in [2.05, 4.69) is 0 Å². The molecule has 2 aromatic rings. The Morgan fingerprint density at radius 2 is 1.48 bits per heavy atom. The van der Waals surface area contributed by atoms with Gasteiger partial charge in [0.15, 0.2) is 0 Å². The summed E-state index contributed by atoms with van der Waals surface area (Å²) in [6.45, 7) is 1.06. The summed E-state index contributed by atoms with van der Waals surface area (Å²) in [7, 11) is -3.76. The standard InChI is InChI=1S/C18H17Cl3N2O3S/c19-14-3-1-13(2-4-14)11-18(24)22-7-9-23(10-8-22)27(25,26)17-12-15(20)5-6-16(17)21/h1-6,12H,7-11H2. The van der Waals surface area contributed by atoms with E-state index in [-0.39, 0.29) is 35.3 Å². The molecule has 0 atom stereocenters. The fourth-order valence-corrected chi connectivity index (χ4v) is 5.17. The van der Waals surface area contributed by atoms with Crippen molar-refractivity contribution in [2.75, 3.05) is 26.2 Å². The zero-order chi connectivity index (χ0) is 19.6. The molecule has 0 aromatic heterocycles. The smallest absolute Gasteiger partial charge is 0.244 e. The molecular weight excluding hydrogens is 431 g/mol. The molecule has 1 heterocycles. The Labute approximate surface area is 173 Å². The third kappa shape index (κ3) is 4.76. The van der Waals surface area contributed by atoms with E-state index in [4.69, 9.17) is 34.8 Å². The van der Waals surface area contributed by atoms with Gasteiger partial charge in [0.25, 0.3) is 0 Å². The molecule has 0 radical (unpaired) electrons. The number of amides is 1. The minimum Gasteiger partial charge on any atom is -0.340 e. The van der Waals surface area contributed by atoms with Crippen LogP contribution in [0.25, 0.3) is 0 Å². The summed E-state index contributed by atoms with van der Waals surface area (Å²) in [4.78, 5) is 14.1. The molecule has 1 fully saturated rings. The first-order valence-corrected chi connectivity index (χ1v) is 10.8. The van der Waals surface area contributed by atoms with Gasteiger partial charge in [-0.15, -0.1) is 0 Å². The largest absolute Gasteiger partial charge is 0.340 e. The van der Waals surface area contributed by atoms with E-state index in [1.54, 1.807) is 17.0 Å². The van der Waals surface area contributed by atoms with Gasteiger partial charge in [-0.3, -0.25) is 4.79 Å². The second-order valence-electron chi connectivity index (χ2n) is 6.16. The highest BCUT2D eigenvalue weighted by Crippen LogP contribution is 2.28. The molecule has 1 amide bonds. The molecule has 9 heteroatoms. The molecule has 0 unspecified atom stereocenters. The maximum Gasteiger partial charge on any atom is 0.244 e. The molecule has 0 saturated carbocycles. The van der Waals surface area contributed by atoms with Gasteiger partial charge in [-0.25, -0.2) is 8.42 Å². The maximum atomic E-state index is 12.8. The lowest BCUT2D eigenvalue weighted by Crippen LogP contribution is -2.50. The Kier molecular flexibility index (Phi) is 6.33. The van der Waals surface area contributed by atoms with Crippen molar-refractivity contribution in [1.29, 1.82) is 0 Å². The first-order chi connectivity index (χ1) is 12.8. The van der Waals surface area contributed by atoms with Gasteiger partial charge in [-0.2, -0.15) is 4.31 Å². The van der Waals surface area contributed by atoms with Crippen LogP contribution >= 0.6 is 34.8 Å². The van der Waals surface area contributed by atoms with E-state index < -0.39 is 10.0 Å². The van der Waals surface area contributed by atoms with Gasteiger partial charge in [-0.1, -0.05) is 46.9 Å². The molecular formula is C18H17Cl3N2O3S. The van der Waals surface area contributed by atoms with Crippen molar-refractivity contribution in [3.63, 3.8) is 0 Å².